The normalized spacial score (nSPS) is 10.5. The summed E-state index contributed by atoms with van der Waals surface area (Å²) in [6.45, 7) is 1.78. The van der Waals surface area contributed by atoms with Crippen molar-refractivity contribution in [2.24, 2.45) is 0 Å². The number of ether oxygens (including phenoxy) is 1. The molecule has 4 rings (SSSR count). The molecule has 2 N–H and O–H groups in total. The van der Waals surface area contributed by atoms with E-state index in [-0.39, 0.29) is 5.82 Å². The van der Waals surface area contributed by atoms with E-state index in [1.165, 1.54) is 24.3 Å². The van der Waals surface area contributed by atoms with E-state index < -0.39 is 6.03 Å². The summed E-state index contributed by atoms with van der Waals surface area (Å²) in [5.41, 5.74) is 1.06. The highest BCUT2D eigenvalue weighted by atomic mass is 19.1. The predicted molar refractivity (Wildman–Crippen MR) is 109 cm³/mol. The molecular formula is C21H17FN6O2. The number of urea groups is 1. The molecule has 30 heavy (non-hydrogen) atoms. The molecule has 0 atom stereocenters. The fourth-order valence-electron chi connectivity index (χ4n) is 2.66. The van der Waals surface area contributed by atoms with E-state index in [2.05, 4.69) is 25.6 Å². The first-order valence-electron chi connectivity index (χ1n) is 9.01. The molecule has 9 heteroatoms. The SMILES string of the molecule is Cc1nc(Oc2ccc(NC(=O)Nc3ccc(F)cc3)cc2)cc(-n2ccnc2)n1. The van der Waals surface area contributed by atoms with Gasteiger partial charge in [-0.2, -0.15) is 4.98 Å². The van der Waals surface area contributed by atoms with Crippen LogP contribution in [0.3, 0.4) is 0 Å². The van der Waals surface area contributed by atoms with Crippen LogP contribution in [0.25, 0.3) is 5.82 Å². The first-order chi connectivity index (χ1) is 14.5. The van der Waals surface area contributed by atoms with Crippen molar-refractivity contribution in [3.63, 3.8) is 0 Å². The molecule has 0 bridgehead atoms. The van der Waals surface area contributed by atoms with Crippen molar-refractivity contribution >= 4 is 17.4 Å². The van der Waals surface area contributed by atoms with Gasteiger partial charge in [0.15, 0.2) is 0 Å². The lowest BCUT2D eigenvalue weighted by molar-refractivity contribution is 0.262. The summed E-state index contributed by atoms with van der Waals surface area (Å²) in [5, 5.41) is 5.32. The third-order valence-corrected chi connectivity index (χ3v) is 4.01. The number of hydrogen-bond acceptors (Lipinski definition) is 5. The van der Waals surface area contributed by atoms with Crippen LogP contribution in [0.5, 0.6) is 11.6 Å². The maximum atomic E-state index is 12.9. The Balaban J connectivity index is 1.40. The lowest BCUT2D eigenvalue weighted by Crippen LogP contribution is -2.19. The standard InChI is InChI=1S/C21H17FN6O2/c1-14-24-19(28-11-10-23-13-28)12-20(25-14)30-18-8-6-17(7-9-18)27-21(29)26-16-4-2-15(22)3-5-16/h2-13H,1H3,(H2,26,27,29). The number of hydrogen-bond donors (Lipinski definition) is 2. The fraction of sp³-hybridized carbons (Fsp3) is 0.0476. The van der Waals surface area contributed by atoms with Crippen LogP contribution in [0.15, 0.2) is 73.3 Å². The lowest BCUT2D eigenvalue weighted by atomic mass is 10.3. The second-order valence-electron chi connectivity index (χ2n) is 6.29. The molecule has 2 aromatic heterocycles. The number of carbonyl (C=O) groups excluding carboxylic acids is 1. The van der Waals surface area contributed by atoms with Crippen LogP contribution in [-0.2, 0) is 0 Å². The summed E-state index contributed by atoms with van der Waals surface area (Å²) in [6.07, 6.45) is 5.09. The highest BCUT2D eigenvalue weighted by molar-refractivity contribution is 5.99. The summed E-state index contributed by atoms with van der Waals surface area (Å²) < 4.78 is 20.5. The number of carbonyl (C=O) groups is 1. The van der Waals surface area contributed by atoms with Crippen molar-refractivity contribution in [2.45, 2.75) is 6.92 Å². The minimum atomic E-state index is -0.438. The molecule has 2 heterocycles. The van der Waals surface area contributed by atoms with E-state index in [9.17, 15) is 9.18 Å². The van der Waals surface area contributed by atoms with E-state index in [1.807, 2.05) is 0 Å². The van der Waals surface area contributed by atoms with Crippen molar-refractivity contribution in [1.29, 1.82) is 0 Å². The number of amides is 2. The minimum Gasteiger partial charge on any atom is -0.439 e. The first kappa shape index (κ1) is 19.1. The van der Waals surface area contributed by atoms with E-state index in [1.54, 1.807) is 60.5 Å². The van der Waals surface area contributed by atoms with Crippen molar-refractivity contribution in [3.05, 3.63) is 85.0 Å². The minimum absolute atomic E-state index is 0.368. The molecule has 0 spiro atoms. The van der Waals surface area contributed by atoms with Gasteiger partial charge in [0.1, 0.15) is 29.5 Å². The van der Waals surface area contributed by atoms with Crippen LogP contribution in [-0.4, -0.2) is 25.6 Å². The van der Waals surface area contributed by atoms with E-state index in [4.69, 9.17) is 4.74 Å². The Morgan fingerprint density at radius 1 is 1.00 bits per heavy atom. The van der Waals surface area contributed by atoms with Gasteiger partial charge >= 0.3 is 6.03 Å². The molecule has 0 saturated carbocycles. The van der Waals surface area contributed by atoms with Crippen LogP contribution in [0.2, 0.25) is 0 Å². The van der Waals surface area contributed by atoms with Crippen molar-refractivity contribution in [3.8, 4) is 17.4 Å². The average molecular weight is 404 g/mol. The number of nitrogens with one attached hydrogen (secondary N) is 2. The largest absolute Gasteiger partial charge is 0.439 e. The third-order valence-electron chi connectivity index (χ3n) is 4.01. The Morgan fingerprint density at radius 3 is 2.30 bits per heavy atom. The molecule has 2 amide bonds. The van der Waals surface area contributed by atoms with E-state index in [0.29, 0.717) is 34.6 Å². The number of benzene rings is 2. The van der Waals surface area contributed by atoms with Gasteiger partial charge in [0, 0.05) is 29.8 Å². The van der Waals surface area contributed by atoms with Gasteiger partial charge in [0.2, 0.25) is 5.88 Å². The van der Waals surface area contributed by atoms with E-state index >= 15 is 0 Å². The zero-order valence-corrected chi connectivity index (χ0v) is 15.9. The first-order valence-corrected chi connectivity index (χ1v) is 9.01. The lowest BCUT2D eigenvalue weighted by Gasteiger charge is -2.10. The number of nitrogens with zero attached hydrogens (tertiary/aromatic N) is 4. The maximum Gasteiger partial charge on any atom is 0.323 e. The topological polar surface area (TPSA) is 94.0 Å². The summed E-state index contributed by atoms with van der Waals surface area (Å²) in [7, 11) is 0. The number of aromatic nitrogens is 4. The number of rotatable bonds is 5. The molecule has 8 nitrogen and oxygen atoms in total. The summed E-state index contributed by atoms with van der Waals surface area (Å²) in [5.74, 6) is 1.78. The van der Waals surface area contributed by atoms with Gasteiger partial charge in [-0.05, 0) is 55.5 Å². The second-order valence-corrected chi connectivity index (χ2v) is 6.29. The molecule has 0 radical (unpaired) electrons. The van der Waals surface area contributed by atoms with Gasteiger partial charge in [-0.3, -0.25) is 4.57 Å². The molecule has 0 unspecified atom stereocenters. The Hall–Kier alpha value is -4.27. The van der Waals surface area contributed by atoms with E-state index in [0.717, 1.165) is 0 Å². The maximum absolute atomic E-state index is 12.9. The van der Waals surface area contributed by atoms with Crippen molar-refractivity contribution in [1.82, 2.24) is 19.5 Å². The zero-order chi connectivity index (χ0) is 20.9. The Kier molecular flexibility index (Phi) is 5.33. The Bertz CT molecular complexity index is 1150. The summed E-state index contributed by atoms with van der Waals surface area (Å²) in [4.78, 5) is 24.7. The molecule has 0 fully saturated rings. The zero-order valence-electron chi connectivity index (χ0n) is 15.9. The summed E-state index contributed by atoms with van der Waals surface area (Å²) in [6, 6.07) is 13.6. The predicted octanol–water partition coefficient (Wildman–Crippen LogP) is 4.55. The average Bonchev–Trinajstić information content (AvgIpc) is 3.26. The second kappa shape index (κ2) is 8.39. The Labute approximate surface area is 171 Å². The number of aryl methyl sites for hydroxylation is 1. The molecule has 2 aromatic carbocycles. The fourth-order valence-corrected chi connectivity index (χ4v) is 2.66. The molecule has 0 aliphatic heterocycles. The van der Waals surface area contributed by atoms with Crippen LogP contribution in [0.4, 0.5) is 20.6 Å². The van der Waals surface area contributed by atoms with Gasteiger partial charge in [-0.1, -0.05) is 0 Å². The number of anilines is 2. The quantitative estimate of drug-likeness (QED) is 0.509. The Morgan fingerprint density at radius 2 is 1.67 bits per heavy atom. The molecule has 0 aliphatic rings. The highest BCUT2D eigenvalue weighted by Crippen LogP contribution is 2.23. The van der Waals surface area contributed by atoms with Gasteiger partial charge in [-0.15, -0.1) is 0 Å². The monoisotopic (exact) mass is 404 g/mol. The molecule has 150 valence electrons. The van der Waals surface area contributed by atoms with Gasteiger partial charge in [-0.25, -0.2) is 19.2 Å². The molecule has 0 saturated heterocycles. The highest BCUT2D eigenvalue weighted by Gasteiger charge is 2.07. The van der Waals surface area contributed by atoms with Crippen molar-refractivity contribution < 1.29 is 13.9 Å². The van der Waals surface area contributed by atoms with Crippen LogP contribution < -0.4 is 15.4 Å². The van der Waals surface area contributed by atoms with Crippen molar-refractivity contribution in [2.75, 3.05) is 10.6 Å². The van der Waals surface area contributed by atoms with Gasteiger partial charge < -0.3 is 15.4 Å². The van der Waals surface area contributed by atoms with Crippen LogP contribution >= 0.6 is 0 Å². The number of imidazole rings is 1. The van der Waals surface area contributed by atoms with Crippen LogP contribution in [0, 0.1) is 12.7 Å². The van der Waals surface area contributed by atoms with Crippen LogP contribution in [0.1, 0.15) is 5.82 Å². The molecule has 0 aliphatic carbocycles. The van der Waals surface area contributed by atoms with Gasteiger partial charge in [0.05, 0.1) is 0 Å². The summed E-state index contributed by atoms with van der Waals surface area (Å²) >= 11 is 0. The van der Waals surface area contributed by atoms with Gasteiger partial charge in [0.25, 0.3) is 0 Å². The number of halogens is 1. The molecule has 4 aromatic rings. The smallest absolute Gasteiger partial charge is 0.323 e. The molecular weight excluding hydrogens is 387 g/mol. The third kappa shape index (κ3) is 4.76.